The van der Waals surface area contributed by atoms with E-state index in [-0.39, 0.29) is 37.6 Å². The van der Waals surface area contributed by atoms with E-state index < -0.39 is 5.97 Å². The van der Waals surface area contributed by atoms with E-state index in [1.54, 1.807) is 32.2 Å². The van der Waals surface area contributed by atoms with Crippen molar-refractivity contribution in [2.45, 2.75) is 33.1 Å². The minimum atomic E-state index is -0.451. The lowest BCUT2D eigenvalue weighted by molar-refractivity contribution is -0.144. The number of ether oxygens (including phenoxy) is 2. The van der Waals surface area contributed by atoms with Gasteiger partial charge in [0.1, 0.15) is 18.1 Å². The highest BCUT2D eigenvalue weighted by atomic mass is 19.1. The number of carbonyl (C=O) groups excluding carboxylic acids is 1. The Morgan fingerprint density at radius 2 is 1.91 bits per heavy atom. The smallest absolute Gasteiger partial charge is 0.327 e. The molecule has 182 valence electrons. The molecule has 0 atom stereocenters. The maximum Gasteiger partial charge on any atom is 0.327 e. The summed E-state index contributed by atoms with van der Waals surface area (Å²) in [5.74, 6) is 0.294. The van der Waals surface area contributed by atoms with Crippen molar-refractivity contribution in [2.75, 3.05) is 13.7 Å². The highest BCUT2D eigenvalue weighted by molar-refractivity contribution is 5.80. The maximum atomic E-state index is 13.4. The normalized spacial score (nSPS) is 11.2. The fraction of sp³-hybridized carbons (Fsp3) is 0.292. The number of methoxy groups -OCH3 is 1. The predicted octanol–water partition coefficient (Wildman–Crippen LogP) is 2.43. The Morgan fingerprint density at radius 1 is 1.11 bits per heavy atom. The third-order valence-corrected chi connectivity index (χ3v) is 5.40. The molecule has 0 saturated heterocycles. The van der Waals surface area contributed by atoms with Crippen LogP contribution in [0.25, 0.3) is 10.9 Å². The van der Waals surface area contributed by atoms with E-state index in [0.29, 0.717) is 29.2 Å². The number of benzene rings is 2. The van der Waals surface area contributed by atoms with E-state index in [1.165, 1.54) is 16.8 Å². The van der Waals surface area contributed by atoms with Gasteiger partial charge in [0.05, 0.1) is 25.8 Å². The molecule has 0 spiro atoms. The van der Waals surface area contributed by atoms with Gasteiger partial charge in [-0.25, -0.2) is 9.07 Å². The third-order valence-electron chi connectivity index (χ3n) is 5.40. The molecular formula is C24H25FN6O4. The molecule has 10 nitrogen and oxygen atoms in total. The topological polar surface area (TPSA) is 115 Å². The number of rotatable bonds is 10. The number of halogens is 1. The van der Waals surface area contributed by atoms with Gasteiger partial charge in [0, 0.05) is 24.7 Å². The van der Waals surface area contributed by atoms with Gasteiger partial charge in [-0.3, -0.25) is 14.5 Å². The van der Waals surface area contributed by atoms with Crippen molar-refractivity contribution >= 4 is 16.9 Å². The van der Waals surface area contributed by atoms with Crippen LogP contribution >= 0.6 is 0 Å². The van der Waals surface area contributed by atoms with Crippen LogP contribution < -0.4 is 10.3 Å². The Morgan fingerprint density at radius 3 is 2.66 bits per heavy atom. The third kappa shape index (κ3) is 6.07. The van der Waals surface area contributed by atoms with Crippen molar-refractivity contribution < 1.29 is 18.7 Å². The summed E-state index contributed by atoms with van der Waals surface area (Å²) in [6, 6.07) is 13.4. The van der Waals surface area contributed by atoms with Crippen LogP contribution in [0.3, 0.4) is 0 Å². The lowest BCUT2D eigenvalue weighted by Gasteiger charge is -2.22. The molecule has 0 radical (unpaired) electrons. The quantitative estimate of drug-likeness (QED) is 0.344. The summed E-state index contributed by atoms with van der Waals surface area (Å²) >= 11 is 0. The van der Waals surface area contributed by atoms with Crippen molar-refractivity contribution in [3.63, 3.8) is 0 Å². The summed E-state index contributed by atoms with van der Waals surface area (Å²) in [5, 5.41) is 12.5. The van der Waals surface area contributed by atoms with Gasteiger partial charge >= 0.3 is 5.97 Å². The second-order valence-electron chi connectivity index (χ2n) is 7.91. The molecule has 2 aromatic heterocycles. The number of pyridine rings is 1. The van der Waals surface area contributed by atoms with Crippen LogP contribution in [-0.2, 0) is 35.7 Å². The number of carbonyl (C=O) groups is 1. The number of aromatic nitrogens is 5. The number of hydrogen-bond acceptors (Lipinski definition) is 8. The fourth-order valence-electron chi connectivity index (χ4n) is 3.71. The van der Waals surface area contributed by atoms with Gasteiger partial charge in [-0.1, -0.05) is 12.1 Å². The molecule has 0 aliphatic heterocycles. The van der Waals surface area contributed by atoms with Gasteiger partial charge in [0.15, 0.2) is 5.82 Å². The largest absolute Gasteiger partial charge is 0.497 e. The lowest BCUT2D eigenvalue weighted by Crippen LogP contribution is -2.28. The molecule has 0 amide bonds. The van der Waals surface area contributed by atoms with Gasteiger partial charge in [0.25, 0.3) is 5.56 Å². The van der Waals surface area contributed by atoms with E-state index in [4.69, 9.17) is 9.47 Å². The zero-order chi connectivity index (χ0) is 24.8. The van der Waals surface area contributed by atoms with Crippen molar-refractivity contribution in [3.8, 4) is 5.75 Å². The van der Waals surface area contributed by atoms with Crippen molar-refractivity contribution in [2.24, 2.45) is 0 Å². The van der Waals surface area contributed by atoms with Gasteiger partial charge in [-0.15, -0.1) is 5.10 Å². The first kappa shape index (κ1) is 24.0. The summed E-state index contributed by atoms with van der Waals surface area (Å²) in [7, 11) is 1.57. The van der Waals surface area contributed by atoms with Crippen LogP contribution in [0.2, 0.25) is 0 Å². The first-order chi connectivity index (χ1) is 16.9. The summed E-state index contributed by atoms with van der Waals surface area (Å²) in [4.78, 5) is 29.7. The van der Waals surface area contributed by atoms with Gasteiger partial charge in [0.2, 0.25) is 0 Å². The van der Waals surface area contributed by atoms with E-state index >= 15 is 0 Å². The van der Waals surface area contributed by atoms with Gasteiger partial charge < -0.3 is 14.5 Å². The van der Waals surface area contributed by atoms with E-state index in [0.717, 1.165) is 10.9 Å². The molecule has 0 unspecified atom stereocenters. The highest BCUT2D eigenvalue weighted by Gasteiger charge is 2.17. The molecule has 35 heavy (non-hydrogen) atoms. The minimum absolute atomic E-state index is 0.126. The summed E-state index contributed by atoms with van der Waals surface area (Å²) in [6.07, 6.45) is 0. The number of fused-ring (bicyclic) bond motifs is 1. The zero-order valence-corrected chi connectivity index (χ0v) is 19.4. The lowest BCUT2D eigenvalue weighted by atomic mass is 10.1. The molecule has 0 bridgehead atoms. The number of H-pyrrole nitrogens is 1. The van der Waals surface area contributed by atoms with Crippen LogP contribution in [0.5, 0.6) is 5.75 Å². The minimum Gasteiger partial charge on any atom is -0.497 e. The van der Waals surface area contributed by atoms with Gasteiger partial charge in [-0.05, 0) is 58.6 Å². The molecule has 1 N–H and O–H groups in total. The number of esters is 1. The predicted molar refractivity (Wildman–Crippen MR) is 125 cm³/mol. The van der Waals surface area contributed by atoms with E-state index in [1.807, 2.05) is 23.1 Å². The first-order valence-corrected chi connectivity index (χ1v) is 11.0. The number of nitrogens with zero attached hydrogens (tertiary/aromatic N) is 5. The number of aromatic amines is 1. The maximum absolute atomic E-state index is 13.4. The second-order valence-corrected chi connectivity index (χ2v) is 7.91. The molecule has 11 heteroatoms. The van der Waals surface area contributed by atoms with Crippen molar-refractivity contribution in [1.29, 1.82) is 0 Å². The average molecular weight is 481 g/mol. The summed E-state index contributed by atoms with van der Waals surface area (Å²) < 4.78 is 25.0. The number of tetrazole rings is 1. The van der Waals surface area contributed by atoms with Crippen LogP contribution in [-0.4, -0.2) is 49.8 Å². The monoisotopic (exact) mass is 480 g/mol. The SMILES string of the molecule is CCOC(=O)Cn1nnnc1CN(Cc1ccc(F)cc1)Cc1cc2ccc(OC)cc2[nH]c1=O. The fourth-order valence-corrected chi connectivity index (χ4v) is 3.71. The molecule has 4 rings (SSSR count). The van der Waals surface area contributed by atoms with Crippen LogP contribution in [0.4, 0.5) is 4.39 Å². The average Bonchev–Trinajstić information content (AvgIpc) is 3.27. The summed E-state index contributed by atoms with van der Waals surface area (Å²) in [5.41, 5.74) is 1.81. The van der Waals surface area contributed by atoms with E-state index in [2.05, 4.69) is 20.5 Å². The second kappa shape index (κ2) is 10.9. The molecule has 2 heterocycles. The molecule has 0 saturated carbocycles. The Balaban J connectivity index is 1.62. The Bertz CT molecular complexity index is 1370. The van der Waals surface area contributed by atoms with Crippen LogP contribution in [0.15, 0.2) is 53.3 Å². The number of hydrogen-bond donors (Lipinski definition) is 1. The van der Waals surface area contributed by atoms with Crippen molar-refractivity contribution in [1.82, 2.24) is 30.1 Å². The summed E-state index contributed by atoms with van der Waals surface area (Å²) in [6.45, 7) is 2.75. The van der Waals surface area contributed by atoms with Crippen LogP contribution in [0, 0.1) is 5.82 Å². The Kier molecular flexibility index (Phi) is 7.46. The molecule has 0 aliphatic carbocycles. The van der Waals surface area contributed by atoms with Crippen molar-refractivity contribution in [3.05, 3.63) is 81.7 Å². The highest BCUT2D eigenvalue weighted by Crippen LogP contribution is 2.20. The number of nitrogens with one attached hydrogen (secondary N) is 1. The molecule has 0 aliphatic rings. The Labute approximate surface area is 200 Å². The molecule has 2 aromatic carbocycles. The molecule has 0 fully saturated rings. The first-order valence-electron chi connectivity index (χ1n) is 11.0. The molecular weight excluding hydrogens is 455 g/mol. The van der Waals surface area contributed by atoms with E-state index in [9.17, 15) is 14.0 Å². The van der Waals surface area contributed by atoms with Gasteiger partial charge in [-0.2, -0.15) is 0 Å². The standard InChI is InChI=1S/C24H25FN6O4/c1-3-35-23(32)15-31-22(27-28-29-31)14-30(12-16-4-7-19(25)8-5-16)13-18-10-17-6-9-20(34-2)11-21(17)26-24(18)33/h4-11H,3,12-15H2,1-2H3,(H,26,33). The Hall–Kier alpha value is -4.12. The molecule has 4 aromatic rings. The zero-order valence-electron chi connectivity index (χ0n) is 19.4. The van der Waals surface area contributed by atoms with Crippen LogP contribution in [0.1, 0.15) is 23.9 Å².